The Morgan fingerprint density at radius 3 is 2.68 bits per heavy atom. The number of halogens is 2. The van der Waals surface area contributed by atoms with Crippen molar-refractivity contribution in [1.82, 2.24) is 5.27 Å². The maximum absolute atomic E-state index is 13.2. The number of aliphatic imine (C=N–C) groups is 1. The van der Waals surface area contributed by atoms with Gasteiger partial charge in [0.2, 0.25) is 11.2 Å². The Hall–Kier alpha value is -3.14. The van der Waals surface area contributed by atoms with E-state index in [0.717, 1.165) is 11.8 Å². The standard InChI is InChI=1S/C23H19Cl2N5O3S/c1-14(2)29-12-20(33-28-29)27-19(31)13-34-23-26-18(11-15-7-6-10-17(24)21(15)25)22(32)30(23)16-8-4-3-5-9-16/h3-12,14H,13H2,1-2H3/p+1/b18-11+. The summed E-state index contributed by atoms with van der Waals surface area (Å²) >= 11 is 13.5. The van der Waals surface area contributed by atoms with Gasteiger partial charge in [0.1, 0.15) is 5.70 Å². The summed E-state index contributed by atoms with van der Waals surface area (Å²) in [6.45, 7) is 3.89. The second-order valence-corrected chi connectivity index (χ2v) is 9.25. The van der Waals surface area contributed by atoms with Crippen LogP contribution in [0.4, 0.5) is 11.6 Å². The highest BCUT2D eigenvalue weighted by Crippen LogP contribution is 2.32. The van der Waals surface area contributed by atoms with Crippen LogP contribution in [-0.2, 0) is 9.59 Å². The molecule has 0 unspecified atom stereocenters. The Morgan fingerprint density at radius 2 is 1.97 bits per heavy atom. The van der Waals surface area contributed by atoms with Crippen LogP contribution in [0.5, 0.6) is 0 Å². The highest BCUT2D eigenvalue weighted by Gasteiger charge is 2.32. The summed E-state index contributed by atoms with van der Waals surface area (Å²) in [7, 11) is 0. The first-order valence-corrected chi connectivity index (χ1v) is 12.0. The van der Waals surface area contributed by atoms with Crippen LogP contribution >= 0.6 is 35.0 Å². The molecule has 2 aromatic carbocycles. The van der Waals surface area contributed by atoms with E-state index < -0.39 is 0 Å². The molecule has 1 aromatic heterocycles. The zero-order chi connectivity index (χ0) is 24.2. The minimum absolute atomic E-state index is 0.00300. The highest BCUT2D eigenvalue weighted by molar-refractivity contribution is 8.14. The molecule has 34 heavy (non-hydrogen) atoms. The quantitative estimate of drug-likeness (QED) is 0.369. The van der Waals surface area contributed by atoms with Gasteiger partial charge in [-0.2, -0.15) is 0 Å². The summed E-state index contributed by atoms with van der Waals surface area (Å²) in [5.41, 5.74) is 1.39. The van der Waals surface area contributed by atoms with E-state index in [4.69, 9.17) is 27.7 Å². The van der Waals surface area contributed by atoms with Crippen LogP contribution in [0.15, 0.2) is 69.9 Å². The average molecular weight is 517 g/mol. The Kier molecular flexibility index (Phi) is 7.35. The number of para-hydroxylation sites is 1. The second-order valence-electron chi connectivity index (χ2n) is 7.52. The van der Waals surface area contributed by atoms with Gasteiger partial charge in [-0.1, -0.05) is 65.3 Å². The lowest BCUT2D eigenvalue weighted by atomic mass is 10.2. The fourth-order valence-electron chi connectivity index (χ4n) is 3.04. The molecule has 0 saturated heterocycles. The van der Waals surface area contributed by atoms with Crippen molar-refractivity contribution in [3.63, 3.8) is 0 Å². The van der Waals surface area contributed by atoms with Crippen molar-refractivity contribution in [1.29, 1.82) is 0 Å². The molecule has 0 spiro atoms. The number of benzene rings is 2. The first kappa shape index (κ1) is 24.0. The van der Waals surface area contributed by atoms with Gasteiger partial charge in [0.05, 0.1) is 21.5 Å². The summed E-state index contributed by atoms with van der Waals surface area (Å²) in [5, 5.41) is 7.58. The zero-order valence-corrected chi connectivity index (χ0v) is 20.6. The van der Waals surface area contributed by atoms with Gasteiger partial charge < -0.3 is 0 Å². The number of nitrogens with one attached hydrogen (secondary N) is 1. The van der Waals surface area contributed by atoms with Gasteiger partial charge in [0, 0.05) is 0 Å². The number of carbonyl (C=O) groups excluding carboxylic acids is 2. The number of nitrogens with zero attached hydrogens (tertiary/aromatic N) is 4. The minimum atomic E-state index is -0.335. The van der Waals surface area contributed by atoms with Crippen LogP contribution in [-0.4, -0.2) is 28.0 Å². The van der Waals surface area contributed by atoms with E-state index in [-0.39, 0.29) is 35.2 Å². The van der Waals surface area contributed by atoms with Crippen molar-refractivity contribution in [3.05, 3.63) is 76.0 Å². The van der Waals surface area contributed by atoms with Crippen molar-refractivity contribution in [3.8, 4) is 0 Å². The van der Waals surface area contributed by atoms with Gasteiger partial charge in [0.25, 0.3) is 12.1 Å². The van der Waals surface area contributed by atoms with Crippen molar-refractivity contribution in [2.24, 2.45) is 4.99 Å². The third-order valence-corrected chi connectivity index (χ3v) is 6.50. The molecular weight excluding hydrogens is 497 g/mol. The number of aromatic nitrogens is 2. The molecular formula is C23H20Cl2N5O3S+. The van der Waals surface area contributed by atoms with E-state index in [0.29, 0.717) is 26.5 Å². The molecule has 4 rings (SSSR count). The molecule has 3 aromatic rings. The molecule has 0 bridgehead atoms. The van der Waals surface area contributed by atoms with Crippen molar-refractivity contribution in [2.45, 2.75) is 19.9 Å². The molecule has 8 nitrogen and oxygen atoms in total. The number of amidine groups is 1. The third-order valence-electron chi connectivity index (χ3n) is 4.72. The number of rotatable bonds is 6. The fourth-order valence-corrected chi connectivity index (χ4v) is 4.21. The summed E-state index contributed by atoms with van der Waals surface area (Å²) < 4.78 is 6.72. The molecule has 0 atom stereocenters. The molecule has 1 aliphatic heterocycles. The van der Waals surface area contributed by atoms with Crippen LogP contribution in [0.2, 0.25) is 10.0 Å². The van der Waals surface area contributed by atoms with Gasteiger partial charge in [-0.25, -0.2) is 4.99 Å². The number of hydrogen-bond donors (Lipinski definition) is 1. The van der Waals surface area contributed by atoms with E-state index in [1.165, 1.54) is 4.90 Å². The molecule has 1 aliphatic rings. The Labute approximate surface area is 210 Å². The van der Waals surface area contributed by atoms with Crippen molar-refractivity contribution in [2.75, 3.05) is 16.0 Å². The lowest BCUT2D eigenvalue weighted by molar-refractivity contribution is -0.779. The summed E-state index contributed by atoms with van der Waals surface area (Å²) in [6.07, 6.45) is 3.19. The van der Waals surface area contributed by atoms with Crippen molar-refractivity contribution < 1.29 is 18.8 Å². The summed E-state index contributed by atoms with van der Waals surface area (Å²) in [5.74, 6) is -0.419. The number of hydrogen-bond acceptors (Lipinski definition) is 6. The third kappa shape index (κ3) is 5.32. The number of amides is 2. The van der Waals surface area contributed by atoms with Crippen LogP contribution in [0.1, 0.15) is 25.5 Å². The average Bonchev–Trinajstić information content (AvgIpc) is 3.41. The van der Waals surface area contributed by atoms with E-state index in [1.807, 2.05) is 32.0 Å². The normalized spacial score (nSPS) is 14.7. The first-order chi connectivity index (χ1) is 16.3. The Bertz CT molecular complexity index is 1290. The van der Waals surface area contributed by atoms with E-state index in [9.17, 15) is 9.59 Å². The number of thioether (sulfide) groups is 1. The van der Waals surface area contributed by atoms with Crippen LogP contribution < -0.4 is 14.9 Å². The zero-order valence-electron chi connectivity index (χ0n) is 18.2. The summed E-state index contributed by atoms with van der Waals surface area (Å²) in [6, 6.07) is 14.3. The Morgan fingerprint density at radius 1 is 1.21 bits per heavy atom. The van der Waals surface area contributed by atoms with E-state index >= 15 is 0 Å². The van der Waals surface area contributed by atoms with Crippen LogP contribution in [0.3, 0.4) is 0 Å². The lowest BCUT2D eigenvalue weighted by Gasteiger charge is -2.17. The first-order valence-electron chi connectivity index (χ1n) is 10.3. The number of carbonyl (C=O) groups is 2. The van der Waals surface area contributed by atoms with E-state index in [2.05, 4.69) is 15.6 Å². The van der Waals surface area contributed by atoms with Crippen LogP contribution in [0.25, 0.3) is 6.08 Å². The minimum Gasteiger partial charge on any atom is -0.288 e. The predicted octanol–water partition coefficient (Wildman–Crippen LogP) is 4.97. The van der Waals surface area contributed by atoms with Gasteiger partial charge in [-0.15, -0.1) is 0 Å². The smallest absolute Gasteiger partial charge is 0.288 e. The topological polar surface area (TPSA) is 91.7 Å². The monoisotopic (exact) mass is 516 g/mol. The summed E-state index contributed by atoms with van der Waals surface area (Å²) in [4.78, 5) is 31.7. The molecule has 0 aliphatic carbocycles. The molecule has 174 valence electrons. The maximum Gasteiger partial charge on any atom is 0.302 e. The SMILES string of the molecule is CC(C)[n+]1cc(NC(=O)CSC2=N/C(=C/c3cccc(Cl)c3Cl)C(=O)N2c2ccccc2)on1. The molecule has 0 radical (unpaired) electrons. The maximum atomic E-state index is 13.2. The molecule has 0 fully saturated rings. The molecule has 2 heterocycles. The molecule has 1 N–H and O–H groups in total. The van der Waals surface area contributed by atoms with Gasteiger partial charge in [-0.05, 0) is 48.4 Å². The second kappa shape index (κ2) is 10.4. The molecule has 0 saturated carbocycles. The fraction of sp³-hybridized carbons (Fsp3) is 0.174. The molecule has 2 amide bonds. The van der Waals surface area contributed by atoms with Crippen molar-refractivity contribution >= 4 is 69.6 Å². The molecule has 11 heteroatoms. The Balaban J connectivity index is 1.56. The van der Waals surface area contributed by atoms with Gasteiger partial charge in [-0.3, -0.25) is 24.3 Å². The van der Waals surface area contributed by atoms with Gasteiger partial charge in [0.15, 0.2) is 11.2 Å². The number of anilines is 2. The predicted molar refractivity (Wildman–Crippen MR) is 134 cm³/mol. The van der Waals surface area contributed by atoms with Crippen LogP contribution in [0, 0.1) is 0 Å². The highest BCUT2D eigenvalue weighted by atomic mass is 35.5. The van der Waals surface area contributed by atoms with E-state index in [1.54, 1.807) is 47.3 Å². The van der Waals surface area contributed by atoms with Gasteiger partial charge >= 0.3 is 5.88 Å². The lowest BCUT2D eigenvalue weighted by Crippen LogP contribution is -2.37. The largest absolute Gasteiger partial charge is 0.302 e.